The molecule has 0 spiro atoms. The number of amidine groups is 1. The second kappa shape index (κ2) is 5.98. The molecule has 1 aromatic heterocycles. The van der Waals surface area contributed by atoms with Gasteiger partial charge in [-0.05, 0) is 53.9 Å². The van der Waals surface area contributed by atoms with Gasteiger partial charge in [-0.2, -0.15) is 5.10 Å². The van der Waals surface area contributed by atoms with Gasteiger partial charge in [-0.25, -0.2) is 13.8 Å². The standard InChI is InChI=1S/C18H11F2N3S/c19-12-5-3-11(4-6-12)17-14-10-13(20)7-8-15(14)21-18(23-22-17)16-2-1-9-24-16/h1-10H,(H,21,23). The van der Waals surface area contributed by atoms with Crippen molar-refractivity contribution in [1.29, 1.82) is 0 Å². The number of benzene rings is 2. The van der Waals surface area contributed by atoms with Gasteiger partial charge in [0, 0.05) is 11.1 Å². The summed E-state index contributed by atoms with van der Waals surface area (Å²) >= 11 is 1.53. The molecule has 0 radical (unpaired) electrons. The van der Waals surface area contributed by atoms with Crippen molar-refractivity contribution in [1.82, 2.24) is 5.43 Å². The zero-order valence-corrected chi connectivity index (χ0v) is 13.1. The number of hydrogen-bond donors (Lipinski definition) is 1. The zero-order chi connectivity index (χ0) is 16.5. The number of rotatable bonds is 2. The van der Waals surface area contributed by atoms with Crippen LogP contribution in [-0.2, 0) is 0 Å². The fourth-order valence-electron chi connectivity index (χ4n) is 2.46. The first-order valence-electron chi connectivity index (χ1n) is 7.23. The van der Waals surface area contributed by atoms with Crippen LogP contribution in [0, 0.1) is 11.6 Å². The summed E-state index contributed by atoms with van der Waals surface area (Å²) in [6, 6.07) is 14.1. The molecule has 0 amide bonds. The molecule has 1 aliphatic heterocycles. The molecule has 1 aliphatic rings. The van der Waals surface area contributed by atoms with Crippen molar-refractivity contribution < 1.29 is 8.78 Å². The van der Waals surface area contributed by atoms with Crippen molar-refractivity contribution in [2.24, 2.45) is 10.1 Å². The maximum atomic E-state index is 13.8. The van der Waals surface area contributed by atoms with E-state index in [1.807, 2.05) is 17.5 Å². The van der Waals surface area contributed by atoms with Gasteiger partial charge in [0.1, 0.15) is 17.3 Å². The summed E-state index contributed by atoms with van der Waals surface area (Å²) < 4.78 is 27.0. The second-order valence-corrected chi connectivity index (χ2v) is 6.13. The molecule has 6 heteroatoms. The van der Waals surface area contributed by atoms with E-state index in [-0.39, 0.29) is 11.6 Å². The van der Waals surface area contributed by atoms with E-state index < -0.39 is 0 Å². The van der Waals surface area contributed by atoms with Gasteiger partial charge in [-0.15, -0.1) is 11.3 Å². The molecule has 2 aromatic carbocycles. The maximum absolute atomic E-state index is 13.8. The number of aliphatic imine (C=N–C) groups is 1. The molecule has 0 bridgehead atoms. The van der Waals surface area contributed by atoms with Gasteiger partial charge in [0.2, 0.25) is 0 Å². The first kappa shape index (κ1) is 14.7. The lowest BCUT2D eigenvalue weighted by atomic mass is 10.0. The predicted molar refractivity (Wildman–Crippen MR) is 92.1 cm³/mol. The number of fused-ring (bicyclic) bond motifs is 1. The Morgan fingerprint density at radius 3 is 2.46 bits per heavy atom. The Morgan fingerprint density at radius 2 is 1.71 bits per heavy atom. The highest BCUT2D eigenvalue weighted by Crippen LogP contribution is 2.27. The Morgan fingerprint density at radius 1 is 0.917 bits per heavy atom. The minimum Gasteiger partial charge on any atom is -0.260 e. The zero-order valence-electron chi connectivity index (χ0n) is 12.3. The van der Waals surface area contributed by atoms with E-state index in [0.29, 0.717) is 28.4 Å². The van der Waals surface area contributed by atoms with Gasteiger partial charge >= 0.3 is 0 Å². The summed E-state index contributed by atoms with van der Waals surface area (Å²) in [6.45, 7) is 0. The Hall–Kier alpha value is -2.86. The third-order valence-electron chi connectivity index (χ3n) is 3.59. The predicted octanol–water partition coefficient (Wildman–Crippen LogP) is 4.46. The summed E-state index contributed by atoms with van der Waals surface area (Å²) in [7, 11) is 0. The van der Waals surface area contributed by atoms with Crippen LogP contribution in [0.3, 0.4) is 0 Å². The number of hydrazone groups is 1. The third-order valence-corrected chi connectivity index (χ3v) is 4.47. The third kappa shape index (κ3) is 2.72. The molecule has 3 aromatic rings. The van der Waals surface area contributed by atoms with Crippen LogP contribution in [0.1, 0.15) is 16.0 Å². The van der Waals surface area contributed by atoms with Crippen LogP contribution in [-0.4, -0.2) is 11.5 Å². The molecule has 0 aliphatic carbocycles. The van der Waals surface area contributed by atoms with Crippen LogP contribution in [0.4, 0.5) is 14.5 Å². The van der Waals surface area contributed by atoms with Crippen molar-refractivity contribution in [2.45, 2.75) is 0 Å². The van der Waals surface area contributed by atoms with E-state index in [1.165, 1.54) is 35.6 Å². The summed E-state index contributed by atoms with van der Waals surface area (Å²) in [5.41, 5.74) is 5.30. The summed E-state index contributed by atoms with van der Waals surface area (Å²) in [4.78, 5) is 5.50. The average molecular weight is 339 g/mol. The SMILES string of the molecule is Fc1ccc(C2=NNC(c3cccs3)=Nc3ccc(F)cc32)cc1. The van der Waals surface area contributed by atoms with Crippen molar-refractivity contribution in [3.05, 3.63) is 87.6 Å². The molecule has 24 heavy (non-hydrogen) atoms. The highest BCUT2D eigenvalue weighted by atomic mass is 32.1. The normalized spacial score (nSPS) is 13.4. The fourth-order valence-corrected chi connectivity index (χ4v) is 3.13. The number of nitrogens with zero attached hydrogens (tertiary/aromatic N) is 2. The summed E-state index contributed by atoms with van der Waals surface area (Å²) in [5.74, 6) is -0.121. The van der Waals surface area contributed by atoms with Gasteiger partial charge in [0.25, 0.3) is 0 Å². The van der Waals surface area contributed by atoms with Crippen LogP contribution in [0.2, 0.25) is 0 Å². The quantitative estimate of drug-likeness (QED) is 0.735. The first-order valence-corrected chi connectivity index (χ1v) is 8.11. The van der Waals surface area contributed by atoms with E-state index in [0.717, 1.165) is 4.88 Å². The van der Waals surface area contributed by atoms with E-state index in [2.05, 4.69) is 15.5 Å². The average Bonchev–Trinajstić information content (AvgIpc) is 3.05. The number of hydrogen-bond acceptors (Lipinski definition) is 4. The molecule has 0 fully saturated rings. The lowest BCUT2D eigenvalue weighted by Crippen LogP contribution is -2.18. The van der Waals surface area contributed by atoms with Crippen LogP contribution < -0.4 is 5.43 Å². The molecule has 4 rings (SSSR count). The van der Waals surface area contributed by atoms with Crippen molar-refractivity contribution >= 4 is 28.6 Å². The van der Waals surface area contributed by atoms with Crippen LogP contribution in [0.15, 0.2) is 70.1 Å². The molecular weight excluding hydrogens is 328 g/mol. The summed E-state index contributed by atoms with van der Waals surface area (Å²) in [5, 5.41) is 6.34. The molecule has 1 N–H and O–H groups in total. The number of nitrogens with one attached hydrogen (secondary N) is 1. The van der Waals surface area contributed by atoms with Gasteiger partial charge in [0.15, 0.2) is 5.84 Å². The van der Waals surface area contributed by atoms with Crippen molar-refractivity contribution in [2.75, 3.05) is 0 Å². The minimum atomic E-state index is -0.377. The van der Waals surface area contributed by atoms with Crippen LogP contribution in [0.25, 0.3) is 0 Å². The highest BCUT2D eigenvalue weighted by molar-refractivity contribution is 7.12. The first-order chi connectivity index (χ1) is 11.7. The smallest absolute Gasteiger partial charge is 0.164 e. The van der Waals surface area contributed by atoms with Crippen LogP contribution in [0.5, 0.6) is 0 Å². The molecule has 0 saturated heterocycles. The molecule has 2 heterocycles. The Kier molecular flexibility index (Phi) is 3.66. The molecule has 118 valence electrons. The molecule has 0 atom stereocenters. The Bertz CT molecular complexity index is 945. The highest BCUT2D eigenvalue weighted by Gasteiger charge is 2.18. The second-order valence-electron chi connectivity index (χ2n) is 5.18. The monoisotopic (exact) mass is 339 g/mol. The van der Waals surface area contributed by atoms with Gasteiger partial charge in [-0.1, -0.05) is 6.07 Å². The topological polar surface area (TPSA) is 36.8 Å². The lowest BCUT2D eigenvalue weighted by Gasteiger charge is -2.07. The minimum absolute atomic E-state index is 0.337. The Balaban J connectivity index is 1.88. The fraction of sp³-hybridized carbons (Fsp3) is 0. The largest absolute Gasteiger partial charge is 0.260 e. The maximum Gasteiger partial charge on any atom is 0.164 e. The molecule has 0 saturated carbocycles. The van der Waals surface area contributed by atoms with Crippen LogP contribution >= 0.6 is 11.3 Å². The number of halogens is 2. The molecule has 0 unspecified atom stereocenters. The molecular formula is C18H11F2N3S. The van der Waals surface area contributed by atoms with Crippen molar-refractivity contribution in [3.63, 3.8) is 0 Å². The lowest BCUT2D eigenvalue weighted by molar-refractivity contribution is 0.627. The Labute approximate surface area is 141 Å². The van der Waals surface area contributed by atoms with Gasteiger partial charge < -0.3 is 0 Å². The van der Waals surface area contributed by atoms with Gasteiger partial charge in [-0.3, -0.25) is 5.43 Å². The van der Waals surface area contributed by atoms with E-state index in [4.69, 9.17) is 0 Å². The molecule has 3 nitrogen and oxygen atoms in total. The summed E-state index contributed by atoms with van der Waals surface area (Å²) in [6.07, 6.45) is 0. The van der Waals surface area contributed by atoms with E-state index >= 15 is 0 Å². The van der Waals surface area contributed by atoms with Crippen molar-refractivity contribution in [3.8, 4) is 0 Å². The van der Waals surface area contributed by atoms with E-state index in [9.17, 15) is 8.78 Å². The van der Waals surface area contributed by atoms with Gasteiger partial charge in [0.05, 0.1) is 10.6 Å². The number of thiophene rings is 1. The van der Waals surface area contributed by atoms with E-state index in [1.54, 1.807) is 18.2 Å².